The number of aromatic nitrogens is 3. The maximum absolute atomic E-state index is 13.0. The predicted octanol–water partition coefficient (Wildman–Crippen LogP) is 4.44. The number of alkyl halides is 2. The molecule has 7 nitrogen and oxygen atoms in total. The van der Waals surface area contributed by atoms with Gasteiger partial charge in [-0.25, -0.2) is 9.67 Å². The van der Waals surface area contributed by atoms with Crippen LogP contribution in [0.5, 0.6) is 5.75 Å². The molecule has 31 heavy (non-hydrogen) atoms. The molecule has 1 aromatic carbocycles. The van der Waals surface area contributed by atoms with E-state index >= 15 is 0 Å². The van der Waals surface area contributed by atoms with Crippen molar-refractivity contribution in [2.24, 2.45) is 5.92 Å². The number of fused-ring (bicyclic) bond motifs is 1. The Hall–Kier alpha value is -3.23. The fourth-order valence-corrected chi connectivity index (χ4v) is 3.05. The fraction of sp³-hybridized carbons (Fsp3) is 0.409. The molecule has 0 aliphatic heterocycles. The Labute approximate surface area is 179 Å². The number of benzene rings is 1. The van der Waals surface area contributed by atoms with Crippen LogP contribution in [0.1, 0.15) is 43.6 Å². The van der Waals surface area contributed by atoms with E-state index < -0.39 is 6.61 Å². The number of amides is 1. The van der Waals surface area contributed by atoms with Crippen LogP contribution in [-0.4, -0.2) is 33.3 Å². The van der Waals surface area contributed by atoms with Gasteiger partial charge in [-0.3, -0.25) is 4.79 Å². The largest absolute Gasteiger partial charge is 0.435 e. The quantitative estimate of drug-likeness (QED) is 0.524. The Balaban J connectivity index is 1.82. The van der Waals surface area contributed by atoms with Crippen molar-refractivity contribution in [1.29, 1.82) is 0 Å². The standard InChI is InChI=1S/C22H27F2N5O2/c1-5-29-20-17(12-27-29)19(28-14(4)13(2)3)18(11-25-20)21(30)26-10-15-6-8-16(9-7-15)31-22(23)24/h6-9,11-14,22H,5,10H2,1-4H3,(H,25,28)(H,26,30)/t14-/m0/s1. The van der Waals surface area contributed by atoms with Gasteiger partial charge in [0, 0.05) is 25.3 Å². The van der Waals surface area contributed by atoms with Gasteiger partial charge < -0.3 is 15.4 Å². The van der Waals surface area contributed by atoms with Gasteiger partial charge in [-0.05, 0) is 37.5 Å². The van der Waals surface area contributed by atoms with Crippen LogP contribution in [0, 0.1) is 5.92 Å². The molecule has 0 aliphatic rings. The second kappa shape index (κ2) is 9.72. The average Bonchev–Trinajstić information content (AvgIpc) is 3.16. The molecule has 2 aromatic heterocycles. The lowest BCUT2D eigenvalue weighted by atomic mass is 10.0. The SMILES string of the molecule is CCn1ncc2c(N[C@@H](C)C(C)C)c(C(=O)NCc3ccc(OC(F)F)cc3)cnc21. The number of anilines is 1. The van der Waals surface area contributed by atoms with Gasteiger partial charge in [0.25, 0.3) is 5.91 Å². The molecule has 0 spiro atoms. The Kier molecular flexibility index (Phi) is 7.04. The van der Waals surface area contributed by atoms with Crippen molar-refractivity contribution in [3.8, 4) is 5.75 Å². The molecule has 3 rings (SSSR count). The lowest BCUT2D eigenvalue weighted by Gasteiger charge is -2.21. The molecule has 1 atom stereocenters. The number of carbonyl (C=O) groups excluding carboxylic acids is 1. The number of aryl methyl sites for hydroxylation is 1. The predicted molar refractivity (Wildman–Crippen MR) is 115 cm³/mol. The first kappa shape index (κ1) is 22.5. The smallest absolute Gasteiger partial charge is 0.387 e. The van der Waals surface area contributed by atoms with Gasteiger partial charge >= 0.3 is 6.61 Å². The molecule has 0 aliphatic carbocycles. The van der Waals surface area contributed by atoms with Gasteiger partial charge in [0.1, 0.15) is 5.75 Å². The Morgan fingerprint density at radius 1 is 1.16 bits per heavy atom. The summed E-state index contributed by atoms with van der Waals surface area (Å²) in [6.45, 7) is 6.29. The van der Waals surface area contributed by atoms with Crippen LogP contribution >= 0.6 is 0 Å². The molecule has 0 bridgehead atoms. The average molecular weight is 431 g/mol. The number of halogens is 2. The second-order valence-electron chi connectivity index (χ2n) is 7.63. The number of rotatable bonds is 9. The first-order valence-corrected chi connectivity index (χ1v) is 10.2. The summed E-state index contributed by atoms with van der Waals surface area (Å²) in [6, 6.07) is 6.27. The van der Waals surface area contributed by atoms with Crippen molar-refractivity contribution in [2.45, 2.75) is 53.4 Å². The van der Waals surface area contributed by atoms with Crippen molar-refractivity contribution in [3.63, 3.8) is 0 Å². The summed E-state index contributed by atoms with van der Waals surface area (Å²) < 4.78 is 30.7. The summed E-state index contributed by atoms with van der Waals surface area (Å²) in [5.74, 6) is 0.140. The summed E-state index contributed by atoms with van der Waals surface area (Å²) in [6.07, 6.45) is 3.28. The van der Waals surface area contributed by atoms with Crippen LogP contribution in [0.3, 0.4) is 0 Å². The second-order valence-corrected chi connectivity index (χ2v) is 7.63. The molecule has 2 N–H and O–H groups in total. The number of hydrogen-bond donors (Lipinski definition) is 2. The monoisotopic (exact) mass is 431 g/mol. The molecule has 3 aromatic rings. The van der Waals surface area contributed by atoms with E-state index in [1.807, 2.05) is 6.92 Å². The third-order valence-electron chi connectivity index (χ3n) is 5.18. The van der Waals surface area contributed by atoms with Crippen LogP contribution in [0.2, 0.25) is 0 Å². The number of pyridine rings is 1. The topological polar surface area (TPSA) is 81.1 Å². The van der Waals surface area contributed by atoms with Crippen LogP contribution in [0.15, 0.2) is 36.7 Å². The van der Waals surface area contributed by atoms with Gasteiger partial charge in [-0.1, -0.05) is 26.0 Å². The summed E-state index contributed by atoms with van der Waals surface area (Å²) in [7, 11) is 0. The van der Waals surface area contributed by atoms with E-state index in [0.29, 0.717) is 29.4 Å². The zero-order valence-corrected chi connectivity index (χ0v) is 18.0. The Bertz CT molecular complexity index is 1030. The molecule has 0 radical (unpaired) electrons. The van der Waals surface area contributed by atoms with E-state index in [1.165, 1.54) is 12.1 Å². The van der Waals surface area contributed by atoms with Gasteiger partial charge in [0.05, 0.1) is 22.8 Å². The van der Waals surface area contributed by atoms with Gasteiger partial charge in [-0.15, -0.1) is 0 Å². The summed E-state index contributed by atoms with van der Waals surface area (Å²) in [5, 5.41) is 11.5. The highest BCUT2D eigenvalue weighted by molar-refractivity contribution is 6.06. The third-order valence-corrected chi connectivity index (χ3v) is 5.18. The molecule has 0 unspecified atom stereocenters. The highest BCUT2D eigenvalue weighted by Gasteiger charge is 2.20. The lowest BCUT2D eigenvalue weighted by molar-refractivity contribution is -0.0498. The van der Waals surface area contributed by atoms with Crippen LogP contribution in [0.25, 0.3) is 11.0 Å². The molecule has 9 heteroatoms. The maximum atomic E-state index is 13.0. The Morgan fingerprint density at radius 2 is 1.87 bits per heavy atom. The van der Waals surface area contributed by atoms with Crippen LogP contribution < -0.4 is 15.4 Å². The van der Waals surface area contributed by atoms with Gasteiger partial charge in [0.15, 0.2) is 5.65 Å². The number of hydrogen-bond acceptors (Lipinski definition) is 5. The highest BCUT2D eigenvalue weighted by Crippen LogP contribution is 2.28. The van der Waals surface area contributed by atoms with Crippen molar-refractivity contribution >= 4 is 22.6 Å². The normalized spacial score (nSPS) is 12.4. The number of carbonyl (C=O) groups is 1. The summed E-state index contributed by atoms with van der Waals surface area (Å²) in [4.78, 5) is 17.4. The minimum Gasteiger partial charge on any atom is -0.435 e. The number of ether oxygens (including phenoxy) is 1. The molecular weight excluding hydrogens is 404 g/mol. The van der Waals surface area contributed by atoms with E-state index in [1.54, 1.807) is 29.2 Å². The third kappa shape index (κ3) is 5.28. The van der Waals surface area contributed by atoms with E-state index in [9.17, 15) is 13.6 Å². The zero-order valence-electron chi connectivity index (χ0n) is 18.0. The fourth-order valence-electron chi connectivity index (χ4n) is 3.05. The molecule has 2 heterocycles. The number of nitrogens with zero attached hydrogens (tertiary/aromatic N) is 3. The van der Waals surface area contributed by atoms with Gasteiger partial charge in [0.2, 0.25) is 0 Å². The van der Waals surface area contributed by atoms with Crippen LogP contribution in [-0.2, 0) is 13.1 Å². The first-order chi connectivity index (χ1) is 14.8. The van der Waals surface area contributed by atoms with Crippen molar-refractivity contribution in [2.75, 3.05) is 5.32 Å². The minimum absolute atomic E-state index is 0.0711. The summed E-state index contributed by atoms with van der Waals surface area (Å²) >= 11 is 0. The molecule has 166 valence electrons. The maximum Gasteiger partial charge on any atom is 0.387 e. The van der Waals surface area contributed by atoms with E-state index in [0.717, 1.165) is 10.9 Å². The molecule has 0 fully saturated rings. The van der Waals surface area contributed by atoms with Gasteiger partial charge in [-0.2, -0.15) is 13.9 Å². The highest BCUT2D eigenvalue weighted by atomic mass is 19.3. The number of nitrogens with one attached hydrogen (secondary N) is 2. The Morgan fingerprint density at radius 3 is 2.48 bits per heavy atom. The lowest BCUT2D eigenvalue weighted by Crippen LogP contribution is -2.27. The van der Waals surface area contributed by atoms with E-state index in [2.05, 4.69) is 46.2 Å². The first-order valence-electron chi connectivity index (χ1n) is 10.2. The molecule has 1 amide bonds. The van der Waals surface area contributed by atoms with Crippen molar-refractivity contribution in [3.05, 3.63) is 47.8 Å². The van der Waals surface area contributed by atoms with Crippen molar-refractivity contribution in [1.82, 2.24) is 20.1 Å². The molecule has 0 saturated carbocycles. The van der Waals surface area contributed by atoms with E-state index in [4.69, 9.17) is 0 Å². The van der Waals surface area contributed by atoms with Crippen LogP contribution in [0.4, 0.5) is 14.5 Å². The van der Waals surface area contributed by atoms with Crippen molar-refractivity contribution < 1.29 is 18.3 Å². The minimum atomic E-state index is -2.87. The zero-order chi connectivity index (χ0) is 22.5. The summed E-state index contributed by atoms with van der Waals surface area (Å²) in [5.41, 5.74) is 2.59. The molecular formula is C22H27F2N5O2. The van der Waals surface area contributed by atoms with E-state index in [-0.39, 0.29) is 24.2 Å². The molecule has 0 saturated heterocycles.